The van der Waals surface area contributed by atoms with Gasteiger partial charge < -0.3 is 18.9 Å². The number of methoxy groups -OCH3 is 2. The van der Waals surface area contributed by atoms with Gasteiger partial charge >= 0.3 is 0 Å². The molecule has 1 aliphatic heterocycles. The number of amides is 1. The van der Waals surface area contributed by atoms with Crippen LogP contribution in [-0.2, 0) is 11.3 Å². The van der Waals surface area contributed by atoms with Gasteiger partial charge in [-0.15, -0.1) is 0 Å². The first kappa shape index (κ1) is 25.9. The highest BCUT2D eigenvalue weighted by molar-refractivity contribution is 8.26. The molecule has 0 radical (unpaired) electrons. The van der Waals surface area contributed by atoms with Crippen molar-refractivity contribution in [1.29, 1.82) is 0 Å². The smallest absolute Gasteiger partial charge is 0.266 e. The summed E-state index contributed by atoms with van der Waals surface area (Å²) in [4.78, 5) is 15.1. The number of hydrogen-bond donors (Lipinski definition) is 0. The Morgan fingerprint density at radius 3 is 2.31 bits per heavy atom. The molecule has 3 aromatic carbocycles. The lowest BCUT2D eigenvalue weighted by atomic mass is 10.1. The third-order valence-corrected chi connectivity index (χ3v) is 6.92. The molecule has 0 N–H and O–H groups in total. The maximum absolute atomic E-state index is 13.0. The summed E-state index contributed by atoms with van der Waals surface area (Å²) in [6, 6.07) is 20.6. The Hall–Kier alpha value is -3.20. The molecular weight excluding hydrogens is 518 g/mol. The number of carbonyl (C=O) groups is 1. The number of nitrogens with zero attached hydrogens (tertiary/aromatic N) is 1. The number of carbonyl (C=O) groups excluding carboxylic acids is 1. The topological polar surface area (TPSA) is 57.2 Å². The van der Waals surface area contributed by atoms with Crippen molar-refractivity contribution in [2.45, 2.75) is 6.54 Å². The fourth-order valence-electron chi connectivity index (χ4n) is 3.55. The van der Waals surface area contributed by atoms with E-state index in [1.54, 1.807) is 30.2 Å². The lowest BCUT2D eigenvalue weighted by molar-refractivity contribution is -0.122. The van der Waals surface area contributed by atoms with Gasteiger partial charge in [0.25, 0.3) is 5.91 Å². The molecule has 9 heteroatoms. The maximum atomic E-state index is 13.0. The number of hydrogen-bond acceptors (Lipinski definition) is 7. The average Bonchev–Trinajstić information content (AvgIpc) is 3.15. The molecule has 186 valence electrons. The molecule has 36 heavy (non-hydrogen) atoms. The number of rotatable bonds is 10. The number of halogens is 1. The van der Waals surface area contributed by atoms with Gasteiger partial charge in [0.2, 0.25) is 0 Å². The fourth-order valence-corrected chi connectivity index (χ4v) is 5.08. The molecule has 4 rings (SSSR count). The second-order valence-corrected chi connectivity index (χ2v) is 9.72. The standard InChI is InChI=1S/C27H24ClNO5S2/c1-31-21-10-6-7-11-22(21)33-12-13-34-25-20(28)14-19(15-23(25)32-2)16-24-26(30)29(27(35)36-24)17-18-8-4-3-5-9-18/h3-11,14-16H,12-13,17H2,1-2H3/b24-16-. The van der Waals surface area contributed by atoms with Crippen molar-refractivity contribution in [3.05, 3.63) is 87.8 Å². The molecule has 1 fully saturated rings. The van der Waals surface area contributed by atoms with Crippen LogP contribution >= 0.6 is 35.6 Å². The maximum Gasteiger partial charge on any atom is 0.266 e. The Morgan fingerprint density at radius 1 is 0.917 bits per heavy atom. The van der Waals surface area contributed by atoms with Gasteiger partial charge in [-0.25, -0.2) is 0 Å². The second kappa shape index (κ2) is 12.2. The van der Waals surface area contributed by atoms with Gasteiger partial charge in [0.05, 0.1) is 30.7 Å². The molecule has 1 heterocycles. The molecule has 0 aliphatic carbocycles. The van der Waals surface area contributed by atoms with E-state index < -0.39 is 0 Å². The van der Waals surface area contributed by atoms with E-state index >= 15 is 0 Å². The van der Waals surface area contributed by atoms with Crippen LogP contribution in [0.4, 0.5) is 0 Å². The molecule has 0 aromatic heterocycles. The zero-order valence-electron chi connectivity index (χ0n) is 19.7. The van der Waals surface area contributed by atoms with Crippen molar-refractivity contribution in [3.8, 4) is 23.0 Å². The summed E-state index contributed by atoms with van der Waals surface area (Å²) in [7, 11) is 3.12. The molecule has 1 saturated heterocycles. The predicted octanol–water partition coefficient (Wildman–Crippen LogP) is 6.22. The van der Waals surface area contributed by atoms with Gasteiger partial charge in [0.15, 0.2) is 23.0 Å². The highest BCUT2D eigenvalue weighted by Gasteiger charge is 2.32. The summed E-state index contributed by atoms with van der Waals surface area (Å²) in [6.07, 6.45) is 1.76. The highest BCUT2D eigenvalue weighted by atomic mass is 35.5. The molecule has 0 spiro atoms. The van der Waals surface area contributed by atoms with E-state index in [0.717, 1.165) is 5.56 Å². The van der Waals surface area contributed by atoms with Crippen molar-refractivity contribution >= 4 is 51.9 Å². The Kier molecular flexibility index (Phi) is 8.74. The molecular formula is C27H24ClNO5S2. The third-order valence-electron chi connectivity index (χ3n) is 5.26. The minimum atomic E-state index is -0.141. The van der Waals surface area contributed by atoms with E-state index in [0.29, 0.717) is 49.4 Å². The van der Waals surface area contributed by atoms with E-state index in [-0.39, 0.29) is 19.1 Å². The van der Waals surface area contributed by atoms with Crippen LogP contribution in [0, 0.1) is 0 Å². The number of para-hydroxylation sites is 2. The Morgan fingerprint density at radius 2 is 1.58 bits per heavy atom. The van der Waals surface area contributed by atoms with Gasteiger partial charge in [-0.1, -0.05) is 78.0 Å². The quantitative estimate of drug-likeness (QED) is 0.172. The van der Waals surface area contributed by atoms with Crippen molar-refractivity contribution in [1.82, 2.24) is 4.90 Å². The number of ether oxygens (including phenoxy) is 4. The minimum absolute atomic E-state index is 0.141. The van der Waals surface area contributed by atoms with Gasteiger partial charge in [0.1, 0.15) is 17.5 Å². The Bertz CT molecular complexity index is 1280. The van der Waals surface area contributed by atoms with E-state index in [9.17, 15) is 4.79 Å². The molecule has 0 bridgehead atoms. The van der Waals surface area contributed by atoms with Gasteiger partial charge in [0, 0.05) is 0 Å². The largest absolute Gasteiger partial charge is 0.493 e. The first-order chi connectivity index (χ1) is 17.5. The van der Waals surface area contributed by atoms with Crippen molar-refractivity contribution < 1.29 is 23.7 Å². The summed E-state index contributed by atoms with van der Waals surface area (Å²) in [6.45, 7) is 0.952. The number of benzene rings is 3. The van der Waals surface area contributed by atoms with E-state index in [4.69, 9.17) is 42.8 Å². The van der Waals surface area contributed by atoms with Crippen LogP contribution in [-0.4, -0.2) is 42.6 Å². The van der Waals surface area contributed by atoms with Crippen LogP contribution < -0.4 is 18.9 Å². The molecule has 0 saturated carbocycles. The average molecular weight is 542 g/mol. The van der Waals surface area contributed by atoms with E-state index in [1.807, 2.05) is 54.6 Å². The molecule has 0 unspecified atom stereocenters. The van der Waals surface area contributed by atoms with Crippen LogP contribution in [0.15, 0.2) is 71.6 Å². The van der Waals surface area contributed by atoms with Crippen molar-refractivity contribution in [2.24, 2.45) is 0 Å². The van der Waals surface area contributed by atoms with Crippen molar-refractivity contribution in [3.63, 3.8) is 0 Å². The summed E-state index contributed by atoms with van der Waals surface area (Å²) in [5.74, 6) is 1.98. The molecule has 6 nitrogen and oxygen atoms in total. The SMILES string of the molecule is COc1ccccc1OCCOc1c(Cl)cc(/C=C2\SC(=S)N(Cc3ccccc3)C2=O)cc1OC. The van der Waals surface area contributed by atoms with E-state index in [2.05, 4.69) is 0 Å². The zero-order chi connectivity index (χ0) is 25.5. The highest BCUT2D eigenvalue weighted by Crippen LogP contribution is 2.39. The first-order valence-electron chi connectivity index (χ1n) is 11.1. The number of thiocarbonyl (C=S) groups is 1. The Labute approximate surface area is 224 Å². The number of thioether (sulfide) groups is 1. The Balaban J connectivity index is 1.43. The van der Waals surface area contributed by atoms with Gasteiger partial charge in [-0.05, 0) is 41.5 Å². The molecule has 1 amide bonds. The second-order valence-electron chi connectivity index (χ2n) is 7.64. The summed E-state index contributed by atoms with van der Waals surface area (Å²) in [5, 5.41) is 0.359. The minimum Gasteiger partial charge on any atom is -0.493 e. The molecule has 3 aromatic rings. The van der Waals surface area contributed by atoms with E-state index in [1.165, 1.54) is 18.9 Å². The van der Waals surface area contributed by atoms with Gasteiger partial charge in [-0.3, -0.25) is 9.69 Å². The van der Waals surface area contributed by atoms with Crippen molar-refractivity contribution in [2.75, 3.05) is 27.4 Å². The van der Waals surface area contributed by atoms with Crippen LogP contribution in [0.2, 0.25) is 5.02 Å². The first-order valence-corrected chi connectivity index (χ1v) is 12.7. The van der Waals surface area contributed by atoms with Crippen LogP contribution in [0.5, 0.6) is 23.0 Å². The van der Waals surface area contributed by atoms with Gasteiger partial charge in [-0.2, -0.15) is 0 Å². The summed E-state index contributed by atoms with van der Waals surface area (Å²) >= 11 is 13.2. The van der Waals surface area contributed by atoms with Crippen LogP contribution in [0.25, 0.3) is 6.08 Å². The predicted molar refractivity (Wildman–Crippen MR) is 147 cm³/mol. The normalized spacial score (nSPS) is 14.3. The lowest BCUT2D eigenvalue weighted by Crippen LogP contribution is -2.27. The fraction of sp³-hybridized carbons (Fsp3) is 0.185. The zero-order valence-corrected chi connectivity index (χ0v) is 22.1. The summed E-state index contributed by atoms with van der Waals surface area (Å²) in [5.41, 5.74) is 1.71. The summed E-state index contributed by atoms with van der Waals surface area (Å²) < 4.78 is 22.9. The van der Waals surface area contributed by atoms with Crippen LogP contribution in [0.1, 0.15) is 11.1 Å². The third kappa shape index (κ3) is 6.13. The monoisotopic (exact) mass is 541 g/mol. The molecule has 1 aliphatic rings. The lowest BCUT2D eigenvalue weighted by Gasteiger charge is -2.15. The van der Waals surface area contributed by atoms with Crippen LogP contribution in [0.3, 0.4) is 0 Å². The molecule has 0 atom stereocenters.